The zero-order chi connectivity index (χ0) is 13.7. The van der Waals surface area contributed by atoms with E-state index in [4.69, 9.17) is 5.11 Å². The largest absolute Gasteiger partial charge is 0.481 e. The maximum absolute atomic E-state index is 10.5. The van der Waals surface area contributed by atoms with Gasteiger partial charge in [0.15, 0.2) is 0 Å². The third-order valence-corrected chi connectivity index (χ3v) is 2.85. The number of hydrogen-bond acceptors (Lipinski definition) is 3. The summed E-state index contributed by atoms with van der Waals surface area (Å²) in [4.78, 5) is 14.5. The van der Waals surface area contributed by atoms with Crippen LogP contribution in [0.15, 0.2) is 43.0 Å². The summed E-state index contributed by atoms with van der Waals surface area (Å²) in [5.41, 5.74) is 2.00. The second-order valence-electron chi connectivity index (χ2n) is 4.50. The Kier molecular flexibility index (Phi) is 4.18. The van der Waals surface area contributed by atoms with Crippen molar-refractivity contribution in [2.75, 3.05) is 5.32 Å². The Labute approximate surface area is 111 Å². The van der Waals surface area contributed by atoms with Gasteiger partial charge in [-0.1, -0.05) is 6.07 Å². The van der Waals surface area contributed by atoms with Crippen LogP contribution in [0.1, 0.15) is 19.8 Å². The zero-order valence-corrected chi connectivity index (χ0v) is 10.8. The summed E-state index contributed by atoms with van der Waals surface area (Å²) in [6, 6.07) is 8.06. The molecular formula is C14H17N3O2. The van der Waals surface area contributed by atoms with E-state index in [9.17, 15) is 4.79 Å². The smallest absolute Gasteiger partial charge is 0.303 e. The summed E-state index contributed by atoms with van der Waals surface area (Å²) in [5.74, 6) is -0.763. The SMILES string of the molecule is CC(CCC(=O)O)Nc1cccc(-n2ccnc2)c1. The van der Waals surface area contributed by atoms with E-state index in [-0.39, 0.29) is 12.5 Å². The number of carbonyl (C=O) groups is 1. The molecule has 0 aliphatic rings. The molecule has 1 atom stereocenters. The van der Waals surface area contributed by atoms with E-state index in [2.05, 4.69) is 10.3 Å². The number of nitrogens with zero attached hydrogens (tertiary/aromatic N) is 2. The van der Waals surface area contributed by atoms with Crippen LogP contribution in [0, 0.1) is 0 Å². The first-order chi connectivity index (χ1) is 9.15. The van der Waals surface area contributed by atoms with Crippen LogP contribution in [-0.2, 0) is 4.79 Å². The maximum atomic E-state index is 10.5. The van der Waals surface area contributed by atoms with E-state index in [0.29, 0.717) is 6.42 Å². The lowest BCUT2D eigenvalue weighted by Crippen LogP contribution is -2.16. The van der Waals surface area contributed by atoms with Crippen LogP contribution in [0.2, 0.25) is 0 Å². The molecule has 1 heterocycles. The van der Waals surface area contributed by atoms with Crippen LogP contribution in [0.4, 0.5) is 5.69 Å². The van der Waals surface area contributed by atoms with Gasteiger partial charge in [0.25, 0.3) is 0 Å². The molecule has 0 bridgehead atoms. The summed E-state index contributed by atoms with van der Waals surface area (Å²) < 4.78 is 1.92. The molecule has 100 valence electrons. The highest BCUT2D eigenvalue weighted by atomic mass is 16.4. The van der Waals surface area contributed by atoms with Gasteiger partial charge in [-0.25, -0.2) is 4.98 Å². The Morgan fingerprint density at radius 3 is 3.05 bits per heavy atom. The lowest BCUT2D eigenvalue weighted by atomic mass is 10.1. The molecule has 1 aromatic heterocycles. The number of anilines is 1. The van der Waals surface area contributed by atoms with E-state index >= 15 is 0 Å². The van der Waals surface area contributed by atoms with Crippen LogP contribution in [0.25, 0.3) is 5.69 Å². The molecule has 19 heavy (non-hydrogen) atoms. The summed E-state index contributed by atoms with van der Waals surface area (Å²) in [5, 5.41) is 12.0. The van der Waals surface area contributed by atoms with Gasteiger partial charge in [-0.15, -0.1) is 0 Å². The van der Waals surface area contributed by atoms with Gasteiger partial charge >= 0.3 is 5.97 Å². The van der Waals surface area contributed by atoms with Gasteiger partial charge in [-0.05, 0) is 31.5 Å². The topological polar surface area (TPSA) is 67.2 Å². The molecule has 2 rings (SSSR count). The van der Waals surface area contributed by atoms with E-state index in [1.807, 2.05) is 42.0 Å². The van der Waals surface area contributed by atoms with Gasteiger partial charge in [0.1, 0.15) is 0 Å². The van der Waals surface area contributed by atoms with Gasteiger partial charge in [-0.2, -0.15) is 0 Å². The Morgan fingerprint density at radius 1 is 1.53 bits per heavy atom. The third-order valence-electron chi connectivity index (χ3n) is 2.85. The minimum Gasteiger partial charge on any atom is -0.481 e. The molecule has 1 aromatic carbocycles. The minimum atomic E-state index is -0.763. The van der Waals surface area contributed by atoms with Crippen LogP contribution < -0.4 is 5.32 Å². The van der Waals surface area contributed by atoms with E-state index < -0.39 is 5.97 Å². The average molecular weight is 259 g/mol. The quantitative estimate of drug-likeness (QED) is 0.836. The van der Waals surface area contributed by atoms with Crippen molar-refractivity contribution in [1.82, 2.24) is 9.55 Å². The molecule has 0 saturated carbocycles. The number of carboxylic acid groups (broad SMARTS) is 1. The molecular weight excluding hydrogens is 242 g/mol. The average Bonchev–Trinajstić information content (AvgIpc) is 2.90. The van der Waals surface area contributed by atoms with Gasteiger partial charge < -0.3 is 15.0 Å². The highest BCUT2D eigenvalue weighted by molar-refractivity contribution is 5.66. The number of imidazole rings is 1. The summed E-state index contributed by atoms with van der Waals surface area (Å²) in [6.45, 7) is 1.98. The standard InChI is InChI=1S/C14H17N3O2/c1-11(5-6-14(18)19)16-12-3-2-4-13(9-12)17-8-7-15-10-17/h2-4,7-11,16H,5-6H2,1H3,(H,18,19). The summed E-state index contributed by atoms with van der Waals surface area (Å²) in [7, 11) is 0. The third kappa shape index (κ3) is 3.84. The number of benzene rings is 1. The number of carboxylic acids is 1. The zero-order valence-electron chi connectivity index (χ0n) is 10.8. The first kappa shape index (κ1) is 13.1. The molecule has 0 aliphatic heterocycles. The van der Waals surface area contributed by atoms with Crippen molar-refractivity contribution in [2.45, 2.75) is 25.8 Å². The summed E-state index contributed by atoms with van der Waals surface area (Å²) >= 11 is 0. The van der Waals surface area contributed by atoms with Crippen molar-refractivity contribution in [1.29, 1.82) is 0 Å². The fourth-order valence-corrected chi connectivity index (χ4v) is 1.86. The Bertz CT molecular complexity index is 537. The fourth-order valence-electron chi connectivity index (χ4n) is 1.86. The lowest BCUT2D eigenvalue weighted by Gasteiger charge is -2.15. The summed E-state index contributed by atoms with van der Waals surface area (Å²) in [6.07, 6.45) is 6.13. The highest BCUT2D eigenvalue weighted by Crippen LogP contribution is 2.16. The minimum absolute atomic E-state index is 0.120. The van der Waals surface area contributed by atoms with Crippen LogP contribution in [-0.4, -0.2) is 26.7 Å². The number of rotatable bonds is 6. The molecule has 0 aliphatic carbocycles. The predicted molar refractivity (Wildman–Crippen MR) is 73.5 cm³/mol. The van der Waals surface area contributed by atoms with E-state index in [1.165, 1.54) is 0 Å². The molecule has 1 unspecified atom stereocenters. The molecule has 0 amide bonds. The van der Waals surface area contributed by atoms with Crippen molar-refractivity contribution in [2.24, 2.45) is 0 Å². The first-order valence-electron chi connectivity index (χ1n) is 6.22. The molecule has 5 heteroatoms. The Morgan fingerprint density at radius 2 is 2.37 bits per heavy atom. The number of nitrogens with one attached hydrogen (secondary N) is 1. The highest BCUT2D eigenvalue weighted by Gasteiger charge is 2.06. The molecule has 2 aromatic rings. The Hall–Kier alpha value is -2.30. The van der Waals surface area contributed by atoms with Gasteiger partial charge in [0.05, 0.1) is 6.33 Å². The van der Waals surface area contributed by atoms with Crippen LogP contribution >= 0.6 is 0 Å². The van der Waals surface area contributed by atoms with Crippen molar-refractivity contribution in [3.63, 3.8) is 0 Å². The molecule has 0 spiro atoms. The monoisotopic (exact) mass is 259 g/mol. The second-order valence-corrected chi connectivity index (χ2v) is 4.50. The van der Waals surface area contributed by atoms with Crippen molar-refractivity contribution in [3.8, 4) is 5.69 Å². The fraction of sp³-hybridized carbons (Fsp3) is 0.286. The number of hydrogen-bond donors (Lipinski definition) is 2. The van der Waals surface area contributed by atoms with Crippen LogP contribution in [0.3, 0.4) is 0 Å². The lowest BCUT2D eigenvalue weighted by molar-refractivity contribution is -0.137. The molecule has 0 radical (unpaired) electrons. The van der Waals surface area contributed by atoms with Crippen molar-refractivity contribution in [3.05, 3.63) is 43.0 Å². The Balaban J connectivity index is 2.01. The number of aliphatic carboxylic acids is 1. The van der Waals surface area contributed by atoms with Gasteiger partial charge in [0, 0.05) is 36.2 Å². The number of aromatic nitrogens is 2. The maximum Gasteiger partial charge on any atom is 0.303 e. The molecule has 5 nitrogen and oxygen atoms in total. The van der Waals surface area contributed by atoms with Gasteiger partial charge in [0.2, 0.25) is 0 Å². The molecule has 0 fully saturated rings. The van der Waals surface area contributed by atoms with Crippen LogP contribution in [0.5, 0.6) is 0 Å². The second kappa shape index (κ2) is 6.04. The van der Waals surface area contributed by atoms with E-state index in [0.717, 1.165) is 11.4 Å². The van der Waals surface area contributed by atoms with E-state index in [1.54, 1.807) is 12.5 Å². The predicted octanol–water partition coefficient (Wildman–Crippen LogP) is 2.54. The van der Waals surface area contributed by atoms with Crippen molar-refractivity contribution >= 4 is 11.7 Å². The van der Waals surface area contributed by atoms with Crippen molar-refractivity contribution < 1.29 is 9.90 Å². The molecule has 0 saturated heterocycles. The van der Waals surface area contributed by atoms with Gasteiger partial charge in [-0.3, -0.25) is 4.79 Å². The molecule has 2 N–H and O–H groups in total. The first-order valence-corrected chi connectivity index (χ1v) is 6.22. The normalized spacial score (nSPS) is 12.1.